The standard InChI is InChI=1S/C29H32N6O3/c1-29(2,3)38-28(37)35-12-10-34(11-13-35)19-20-6-4-7-21(14-20)23-15-24-25(18-32-26(24)31-17-23)33-27(36)22-8-5-9-30-16-22/h4-9,14-18H,10-13,19H2,1-3H3,(H,31,32)(H,33,36). The number of piperazine rings is 1. The molecule has 9 heteroatoms. The number of benzene rings is 1. The largest absolute Gasteiger partial charge is 0.444 e. The van der Waals surface area contributed by atoms with Crippen molar-refractivity contribution in [1.29, 1.82) is 0 Å². The highest BCUT2D eigenvalue weighted by Crippen LogP contribution is 2.28. The first-order valence-electron chi connectivity index (χ1n) is 12.7. The minimum absolute atomic E-state index is 0.224. The van der Waals surface area contributed by atoms with E-state index in [4.69, 9.17) is 4.74 Å². The summed E-state index contributed by atoms with van der Waals surface area (Å²) in [6.07, 6.45) is 6.52. The Kier molecular flexibility index (Phi) is 7.11. The molecule has 2 N–H and O–H groups in total. The number of anilines is 1. The number of hydrogen-bond donors (Lipinski definition) is 2. The highest BCUT2D eigenvalue weighted by atomic mass is 16.6. The van der Waals surface area contributed by atoms with Crippen molar-refractivity contribution < 1.29 is 14.3 Å². The second-order valence-corrected chi connectivity index (χ2v) is 10.5. The van der Waals surface area contributed by atoms with Crippen molar-refractivity contribution >= 4 is 28.7 Å². The maximum absolute atomic E-state index is 12.6. The molecule has 0 spiro atoms. The number of H-pyrrole nitrogens is 1. The van der Waals surface area contributed by atoms with E-state index in [9.17, 15) is 9.59 Å². The normalized spacial score (nSPS) is 14.4. The predicted octanol–water partition coefficient (Wildman–Crippen LogP) is 4.93. The highest BCUT2D eigenvalue weighted by molar-refractivity contribution is 6.08. The van der Waals surface area contributed by atoms with E-state index >= 15 is 0 Å². The van der Waals surface area contributed by atoms with Crippen molar-refractivity contribution in [1.82, 2.24) is 24.8 Å². The van der Waals surface area contributed by atoms with Crippen LogP contribution in [0.5, 0.6) is 0 Å². The molecule has 4 aromatic rings. The van der Waals surface area contributed by atoms with E-state index in [0.717, 1.165) is 36.1 Å². The number of carbonyl (C=O) groups is 2. The Morgan fingerprint density at radius 3 is 2.58 bits per heavy atom. The molecule has 0 saturated carbocycles. The van der Waals surface area contributed by atoms with Crippen LogP contribution in [0.4, 0.5) is 10.5 Å². The Hall–Kier alpha value is -4.24. The Morgan fingerprint density at radius 2 is 1.84 bits per heavy atom. The van der Waals surface area contributed by atoms with E-state index in [-0.39, 0.29) is 12.0 Å². The number of carbonyl (C=O) groups excluding carboxylic acids is 2. The molecule has 1 aliphatic rings. The first kappa shape index (κ1) is 25.4. The summed E-state index contributed by atoms with van der Waals surface area (Å²) in [4.78, 5) is 40.9. The second-order valence-electron chi connectivity index (χ2n) is 10.5. The zero-order valence-electron chi connectivity index (χ0n) is 21.9. The van der Waals surface area contributed by atoms with Crippen LogP contribution in [-0.4, -0.2) is 68.5 Å². The van der Waals surface area contributed by atoms with Crippen LogP contribution < -0.4 is 5.32 Å². The van der Waals surface area contributed by atoms with E-state index < -0.39 is 5.60 Å². The van der Waals surface area contributed by atoms with E-state index in [0.29, 0.717) is 30.0 Å². The summed E-state index contributed by atoms with van der Waals surface area (Å²) in [5.41, 5.74) is 4.58. The molecule has 1 aliphatic heterocycles. The fraction of sp³-hybridized carbons (Fsp3) is 0.310. The molecule has 0 atom stereocenters. The van der Waals surface area contributed by atoms with Gasteiger partial charge in [0, 0.05) is 68.5 Å². The molecule has 1 aromatic carbocycles. The van der Waals surface area contributed by atoms with Crippen molar-refractivity contribution in [3.63, 3.8) is 0 Å². The molecule has 4 heterocycles. The third-order valence-electron chi connectivity index (χ3n) is 6.39. The first-order chi connectivity index (χ1) is 18.2. The van der Waals surface area contributed by atoms with E-state index in [1.54, 1.807) is 29.4 Å². The van der Waals surface area contributed by atoms with Crippen molar-refractivity contribution in [2.45, 2.75) is 32.9 Å². The Bertz CT molecular complexity index is 1440. The van der Waals surface area contributed by atoms with Crippen molar-refractivity contribution in [2.24, 2.45) is 0 Å². The number of ether oxygens (including phenoxy) is 1. The van der Waals surface area contributed by atoms with Gasteiger partial charge in [-0.2, -0.15) is 0 Å². The molecule has 196 valence electrons. The fourth-order valence-corrected chi connectivity index (χ4v) is 4.48. The molecule has 0 bridgehead atoms. The van der Waals surface area contributed by atoms with Gasteiger partial charge in [-0.15, -0.1) is 0 Å². The molecule has 5 rings (SSSR count). The van der Waals surface area contributed by atoms with Gasteiger partial charge in [-0.1, -0.05) is 18.2 Å². The third kappa shape index (κ3) is 6.00. The maximum atomic E-state index is 12.6. The number of hydrogen-bond acceptors (Lipinski definition) is 6. The molecular formula is C29H32N6O3. The van der Waals surface area contributed by atoms with Crippen LogP contribution in [0.15, 0.2) is 67.3 Å². The van der Waals surface area contributed by atoms with Gasteiger partial charge in [0.15, 0.2) is 0 Å². The molecule has 0 unspecified atom stereocenters. The van der Waals surface area contributed by atoms with Crippen LogP contribution in [0.3, 0.4) is 0 Å². The molecule has 38 heavy (non-hydrogen) atoms. The Morgan fingerprint density at radius 1 is 1.03 bits per heavy atom. The number of amides is 2. The third-order valence-corrected chi connectivity index (χ3v) is 6.39. The van der Waals surface area contributed by atoms with Crippen LogP contribution in [0.2, 0.25) is 0 Å². The quantitative estimate of drug-likeness (QED) is 0.393. The molecule has 2 amide bonds. The van der Waals surface area contributed by atoms with Gasteiger partial charge in [-0.3, -0.25) is 14.7 Å². The minimum Gasteiger partial charge on any atom is -0.444 e. The average molecular weight is 513 g/mol. The van der Waals surface area contributed by atoms with Gasteiger partial charge in [0.25, 0.3) is 5.91 Å². The fourth-order valence-electron chi connectivity index (χ4n) is 4.48. The molecule has 3 aromatic heterocycles. The number of nitrogens with zero attached hydrogens (tertiary/aromatic N) is 4. The predicted molar refractivity (Wildman–Crippen MR) is 147 cm³/mol. The monoisotopic (exact) mass is 512 g/mol. The van der Waals surface area contributed by atoms with Crippen molar-refractivity contribution in [2.75, 3.05) is 31.5 Å². The van der Waals surface area contributed by atoms with Gasteiger partial charge in [-0.05, 0) is 56.2 Å². The van der Waals surface area contributed by atoms with Crippen LogP contribution >= 0.6 is 0 Å². The highest BCUT2D eigenvalue weighted by Gasteiger charge is 2.25. The lowest BCUT2D eigenvalue weighted by molar-refractivity contribution is 0.0139. The van der Waals surface area contributed by atoms with Gasteiger partial charge >= 0.3 is 6.09 Å². The molecule has 0 radical (unpaired) electrons. The zero-order valence-corrected chi connectivity index (χ0v) is 21.9. The summed E-state index contributed by atoms with van der Waals surface area (Å²) < 4.78 is 5.51. The van der Waals surface area contributed by atoms with E-state index in [2.05, 4.69) is 43.4 Å². The van der Waals surface area contributed by atoms with Crippen LogP contribution in [0.1, 0.15) is 36.7 Å². The number of aromatic amines is 1. The number of rotatable bonds is 5. The van der Waals surface area contributed by atoms with Gasteiger partial charge in [0.05, 0.1) is 11.3 Å². The number of nitrogens with one attached hydrogen (secondary N) is 2. The summed E-state index contributed by atoms with van der Waals surface area (Å²) in [5.74, 6) is -0.224. The smallest absolute Gasteiger partial charge is 0.410 e. The Labute approximate surface area is 221 Å². The van der Waals surface area contributed by atoms with Crippen LogP contribution in [0, 0.1) is 0 Å². The maximum Gasteiger partial charge on any atom is 0.410 e. The zero-order chi connectivity index (χ0) is 26.7. The molecule has 0 aliphatic carbocycles. The van der Waals surface area contributed by atoms with Gasteiger partial charge in [0.1, 0.15) is 11.2 Å². The number of pyridine rings is 2. The molecular weight excluding hydrogens is 480 g/mol. The minimum atomic E-state index is -0.487. The second kappa shape index (κ2) is 10.6. The lowest BCUT2D eigenvalue weighted by atomic mass is 10.0. The van der Waals surface area contributed by atoms with E-state index in [1.807, 2.05) is 39.1 Å². The average Bonchev–Trinajstić information content (AvgIpc) is 3.30. The van der Waals surface area contributed by atoms with Gasteiger partial charge in [-0.25, -0.2) is 9.78 Å². The summed E-state index contributed by atoms with van der Waals surface area (Å²) in [6, 6.07) is 13.9. The summed E-state index contributed by atoms with van der Waals surface area (Å²) >= 11 is 0. The first-order valence-corrected chi connectivity index (χ1v) is 12.7. The lowest BCUT2D eigenvalue weighted by Gasteiger charge is -2.35. The Balaban J connectivity index is 1.26. The molecule has 9 nitrogen and oxygen atoms in total. The molecule has 1 saturated heterocycles. The number of fused-ring (bicyclic) bond motifs is 1. The van der Waals surface area contributed by atoms with Gasteiger partial charge < -0.3 is 19.9 Å². The topological polar surface area (TPSA) is 103 Å². The lowest BCUT2D eigenvalue weighted by Crippen LogP contribution is -2.49. The van der Waals surface area contributed by atoms with E-state index in [1.165, 1.54) is 11.8 Å². The summed E-state index contributed by atoms with van der Waals surface area (Å²) in [6.45, 7) is 9.33. The number of aromatic nitrogens is 3. The summed E-state index contributed by atoms with van der Waals surface area (Å²) in [5, 5.41) is 3.79. The van der Waals surface area contributed by atoms with Crippen molar-refractivity contribution in [3.8, 4) is 11.1 Å². The van der Waals surface area contributed by atoms with Crippen LogP contribution in [0.25, 0.3) is 22.2 Å². The SMILES string of the molecule is CC(C)(C)OC(=O)N1CCN(Cc2cccc(-c3cnc4[nH]cc(NC(=O)c5cccnc5)c4c3)c2)CC1. The summed E-state index contributed by atoms with van der Waals surface area (Å²) in [7, 11) is 0. The van der Waals surface area contributed by atoms with Crippen LogP contribution in [-0.2, 0) is 11.3 Å². The molecule has 1 fully saturated rings. The van der Waals surface area contributed by atoms with Crippen molar-refractivity contribution in [3.05, 3.63) is 78.4 Å². The van der Waals surface area contributed by atoms with Gasteiger partial charge in [0.2, 0.25) is 0 Å².